The van der Waals surface area contributed by atoms with E-state index in [0.29, 0.717) is 5.56 Å². The van der Waals surface area contributed by atoms with Gasteiger partial charge in [0.2, 0.25) is 11.6 Å². The second-order valence-electron chi connectivity index (χ2n) is 3.92. The Labute approximate surface area is 99.0 Å². The predicted molar refractivity (Wildman–Crippen MR) is 62.0 cm³/mol. The molecule has 0 aliphatic carbocycles. The van der Waals surface area contributed by atoms with Gasteiger partial charge in [0.15, 0.2) is 0 Å². The van der Waals surface area contributed by atoms with Crippen molar-refractivity contribution in [1.29, 1.82) is 0 Å². The Hall–Kier alpha value is -1.35. The van der Waals surface area contributed by atoms with Crippen molar-refractivity contribution in [2.75, 3.05) is 0 Å². The lowest BCUT2D eigenvalue weighted by Gasteiger charge is -2.08. The summed E-state index contributed by atoms with van der Waals surface area (Å²) >= 11 is 5.91. The lowest BCUT2D eigenvalue weighted by atomic mass is 9.98. The molecule has 0 radical (unpaired) electrons. The highest BCUT2D eigenvalue weighted by Crippen LogP contribution is 2.28. The Balaban J connectivity index is 3.21. The lowest BCUT2D eigenvalue weighted by molar-refractivity contribution is -0.117. The van der Waals surface area contributed by atoms with E-state index < -0.39 is 11.6 Å². The zero-order valence-electron chi connectivity index (χ0n) is 9.37. The number of ketones is 2. The fraction of sp³-hybridized carbons (Fsp3) is 0.333. The molecule has 0 amide bonds. The van der Waals surface area contributed by atoms with E-state index in [1.165, 1.54) is 12.1 Å². The van der Waals surface area contributed by atoms with Crippen molar-refractivity contribution in [2.24, 2.45) is 5.92 Å². The van der Waals surface area contributed by atoms with Crippen LogP contribution in [0, 0.1) is 12.8 Å². The first-order valence-electron chi connectivity index (χ1n) is 4.92. The molecule has 0 aromatic heterocycles. The zero-order chi connectivity index (χ0) is 12.5. The highest BCUT2D eigenvalue weighted by Gasteiger charge is 2.22. The van der Waals surface area contributed by atoms with Crippen molar-refractivity contribution in [1.82, 2.24) is 0 Å². The van der Waals surface area contributed by atoms with Gasteiger partial charge in [-0.05, 0) is 19.1 Å². The molecule has 0 fully saturated rings. The maximum atomic E-state index is 11.8. The second kappa shape index (κ2) is 4.66. The molecule has 1 aromatic carbocycles. The average molecular weight is 241 g/mol. The molecule has 0 aliphatic rings. The van der Waals surface area contributed by atoms with Crippen molar-refractivity contribution >= 4 is 23.2 Å². The molecule has 0 saturated heterocycles. The van der Waals surface area contributed by atoms with Crippen LogP contribution in [0.15, 0.2) is 12.1 Å². The van der Waals surface area contributed by atoms with Crippen LogP contribution in [-0.2, 0) is 4.79 Å². The van der Waals surface area contributed by atoms with E-state index in [1.54, 1.807) is 20.8 Å². The molecule has 0 bridgehead atoms. The van der Waals surface area contributed by atoms with E-state index in [0.717, 1.165) is 0 Å². The van der Waals surface area contributed by atoms with Gasteiger partial charge in [0, 0.05) is 17.0 Å². The fourth-order valence-corrected chi connectivity index (χ4v) is 1.49. The second-order valence-corrected chi connectivity index (χ2v) is 4.30. The number of Topliss-reactive ketones (excluding diaryl/α,β-unsaturated/α-hetero) is 2. The Morgan fingerprint density at radius 3 is 2.38 bits per heavy atom. The summed E-state index contributed by atoms with van der Waals surface area (Å²) in [5.41, 5.74) is 0.555. The van der Waals surface area contributed by atoms with Crippen molar-refractivity contribution in [3.8, 4) is 5.75 Å². The van der Waals surface area contributed by atoms with Crippen LogP contribution in [0.2, 0.25) is 5.02 Å². The molecular weight excluding hydrogens is 228 g/mol. The van der Waals surface area contributed by atoms with Crippen LogP contribution in [0.1, 0.15) is 29.8 Å². The highest BCUT2D eigenvalue weighted by molar-refractivity contribution is 6.48. The Bertz CT molecular complexity index is 450. The van der Waals surface area contributed by atoms with E-state index in [4.69, 9.17) is 11.6 Å². The van der Waals surface area contributed by atoms with Crippen LogP contribution in [0.3, 0.4) is 0 Å². The number of phenols is 1. The summed E-state index contributed by atoms with van der Waals surface area (Å²) in [6, 6.07) is 2.73. The van der Waals surface area contributed by atoms with Crippen molar-refractivity contribution in [3.05, 3.63) is 28.3 Å². The summed E-state index contributed by atoms with van der Waals surface area (Å²) in [6.45, 7) is 4.90. The fourth-order valence-electron chi connectivity index (χ4n) is 1.25. The minimum absolute atomic E-state index is 0.0125. The molecule has 0 atom stereocenters. The van der Waals surface area contributed by atoms with Crippen molar-refractivity contribution in [2.45, 2.75) is 20.8 Å². The third-order valence-electron chi connectivity index (χ3n) is 2.35. The number of benzene rings is 1. The molecule has 86 valence electrons. The van der Waals surface area contributed by atoms with Gasteiger partial charge in [-0.2, -0.15) is 0 Å². The normalized spacial score (nSPS) is 10.6. The van der Waals surface area contributed by atoms with Crippen LogP contribution >= 0.6 is 11.6 Å². The van der Waals surface area contributed by atoms with Gasteiger partial charge in [-0.15, -0.1) is 0 Å². The largest absolute Gasteiger partial charge is 0.508 e. The van der Waals surface area contributed by atoms with Crippen LogP contribution in [0.4, 0.5) is 0 Å². The summed E-state index contributed by atoms with van der Waals surface area (Å²) in [6.07, 6.45) is 0. The molecule has 0 spiro atoms. The van der Waals surface area contributed by atoms with Gasteiger partial charge in [-0.1, -0.05) is 25.4 Å². The third kappa shape index (κ3) is 2.25. The number of hydrogen-bond donors (Lipinski definition) is 1. The number of carbonyl (C=O) groups is 2. The van der Waals surface area contributed by atoms with Crippen LogP contribution < -0.4 is 0 Å². The number of carbonyl (C=O) groups excluding carboxylic acids is 2. The minimum Gasteiger partial charge on any atom is -0.508 e. The number of halogens is 1. The summed E-state index contributed by atoms with van der Waals surface area (Å²) in [5.74, 6) is -1.44. The third-order valence-corrected chi connectivity index (χ3v) is 2.84. The molecule has 3 nitrogen and oxygen atoms in total. The molecule has 0 unspecified atom stereocenters. The zero-order valence-corrected chi connectivity index (χ0v) is 10.1. The molecule has 0 heterocycles. The maximum Gasteiger partial charge on any atom is 0.230 e. The van der Waals surface area contributed by atoms with Gasteiger partial charge in [-0.3, -0.25) is 9.59 Å². The number of phenolic OH excluding ortho intramolecular Hbond substituents is 1. The van der Waals surface area contributed by atoms with Gasteiger partial charge in [-0.25, -0.2) is 0 Å². The topological polar surface area (TPSA) is 54.4 Å². The molecule has 1 N–H and O–H groups in total. The Morgan fingerprint density at radius 1 is 1.31 bits per heavy atom. The standard InChI is InChI=1S/C12H13ClO3/c1-6(2)11(15)12(16)8-4-5-9(14)7(3)10(8)13/h4-6,14H,1-3H3. The molecule has 0 aliphatic heterocycles. The lowest BCUT2D eigenvalue weighted by Crippen LogP contribution is -2.20. The predicted octanol–water partition coefficient (Wildman–Crippen LogP) is 2.76. The SMILES string of the molecule is Cc1c(O)ccc(C(=O)C(=O)C(C)C)c1Cl. The molecule has 16 heavy (non-hydrogen) atoms. The number of aromatic hydroxyl groups is 1. The summed E-state index contributed by atoms with van der Waals surface area (Å²) in [5, 5.41) is 9.51. The average Bonchev–Trinajstić information content (AvgIpc) is 2.24. The number of hydrogen-bond acceptors (Lipinski definition) is 3. The Morgan fingerprint density at radius 2 is 1.88 bits per heavy atom. The van der Waals surface area contributed by atoms with E-state index >= 15 is 0 Å². The van der Waals surface area contributed by atoms with Crippen molar-refractivity contribution in [3.63, 3.8) is 0 Å². The summed E-state index contributed by atoms with van der Waals surface area (Å²) in [4.78, 5) is 23.3. The molecular formula is C12H13ClO3. The van der Waals surface area contributed by atoms with E-state index in [1.807, 2.05) is 0 Å². The van der Waals surface area contributed by atoms with Gasteiger partial charge < -0.3 is 5.11 Å². The highest BCUT2D eigenvalue weighted by atomic mass is 35.5. The van der Waals surface area contributed by atoms with Gasteiger partial charge in [0.25, 0.3) is 0 Å². The van der Waals surface area contributed by atoms with Gasteiger partial charge in [0.1, 0.15) is 5.75 Å². The van der Waals surface area contributed by atoms with Gasteiger partial charge in [0.05, 0.1) is 5.02 Å². The van der Waals surface area contributed by atoms with Crippen LogP contribution in [0.25, 0.3) is 0 Å². The monoisotopic (exact) mass is 240 g/mol. The smallest absolute Gasteiger partial charge is 0.230 e. The quantitative estimate of drug-likeness (QED) is 0.653. The summed E-state index contributed by atoms with van der Waals surface area (Å²) in [7, 11) is 0. The van der Waals surface area contributed by atoms with Crippen molar-refractivity contribution < 1.29 is 14.7 Å². The van der Waals surface area contributed by atoms with E-state index in [9.17, 15) is 14.7 Å². The van der Waals surface area contributed by atoms with Crippen LogP contribution in [0.5, 0.6) is 5.75 Å². The molecule has 1 aromatic rings. The summed E-state index contributed by atoms with van der Waals surface area (Å²) < 4.78 is 0. The molecule has 1 rings (SSSR count). The first-order chi connectivity index (χ1) is 7.36. The van der Waals surface area contributed by atoms with E-state index in [2.05, 4.69) is 0 Å². The van der Waals surface area contributed by atoms with Crippen LogP contribution in [-0.4, -0.2) is 16.7 Å². The maximum absolute atomic E-state index is 11.8. The first kappa shape index (κ1) is 12.7. The van der Waals surface area contributed by atoms with Gasteiger partial charge >= 0.3 is 0 Å². The number of rotatable bonds is 3. The minimum atomic E-state index is -0.608. The molecule has 4 heteroatoms. The Kier molecular flexibility index (Phi) is 3.70. The first-order valence-corrected chi connectivity index (χ1v) is 5.30. The molecule has 0 saturated carbocycles. The van der Waals surface area contributed by atoms with E-state index in [-0.39, 0.29) is 22.3 Å².